The number of hydrogen-bond acceptors (Lipinski definition) is 9. The van der Waals surface area contributed by atoms with Gasteiger partial charge < -0.3 is 34.1 Å². The normalized spacial score (nSPS) is 28.8. The average molecular weight is 496 g/mol. The number of thiophene rings is 2. The van der Waals surface area contributed by atoms with Crippen molar-refractivity contribution in [1.29, 1.82) is 0 Å². The molecule has 0 aromatic carbocycles. The van der Waals surface area contributed by atoms with Gasteiger partial charge in [-0.3, -0.25) is 4.79 Å². The number of nitrogens with zero attached hydrogens (tertiary/aromatic N) is 1. The second-order valence-corrected chi connectivity index (χ2v) is 10.8. The molecule has 3 aliphatic heterocycles. The Labute approximate surface area is 198 Å². The largest absolute Gasteiger partial charge is 0.550 e. The molecule has 5 rings (SSSR count). The number of fused-ring (bicyclic) bond motifs is 5. The summed E-state index contributed by atoms with van der Waals surface area (Å²) in [7, 11) is 4.49. The van der Waals surface area contributed by atoms with Crippen molar-refractivity contribution in [2.24, 2.45) is 0 Å². The molecule has 3 aliphatic rings. The average Bonchev–Trinajstić information content (AvgIpc) is 3.09. The molecule has 3 fully saturated rings. The Morgan fingerprint density at radius 1 is 1.12 bits per heavy atom. The molecule has 2 N–H and O–H groups in total. The summed E-state index contributed by atoms with van der Waals surface area (Å²) in [6.07, 6.45) is 1.13. The maximum Gasteiger partial charge on any atom is 0.349 e. The van der Waals surface area contributed by atoms with Gasteiger partial charge in [0, 0.05) is 12.8 Å². The third-order valence-corrected chi connectivity index (χ3v) is 8.62. The van der Waals surface area contributed by atoms with Crippen LogP contribution in [0.25, 0.3) is 0 Å². The van der Waals surface area contributed by atoms with Crippen LogP contribution in [0, 0.1) is 0 Å². The number of rotatable bonds is 6. The Kier molecular flexibility index (Phi) is 6.36. The van der Waals surface area contributed by atoms with Crippen molar-refractivity contribution in [3.8, 4) is 0 Å². The van der Waals surface area contributed by atoms with Gasteiger partial charge in [-0.05, 0) is 22.9 Å². The van der Waals surface area contributed by atoms with Gasteiger partial charge in [-0.1, -0.05) is 12.1 Å². The zero-order valence-electron chi connectivity index (χ0n) is 18.1. The quantitative estimate of drug-likeness (QED) is 0.257. The van der Waals surface area contributed by atoms with E-state index >= 15 is 0 Å². The van der Waals surface area contributed by atoms with Crippen molar-refractivity contribution in [2.75, 3.05) is 14.1 Å². The fraction of sp³-hybridized carbons (Fsp3) is 0.500. The van der Waals surface area contributed by atoms with Gasteiger partial charge in [-0.2, -0.15) is 0 Å². The summed E-state index contributed by atoms with van der Waals surface area (Å²) >= 11 is 2.74. The molecule has 0 spiro atoms. The van der Waals surface area contributed by atoms with Crippen molar-refractivity contribution in [1.82, 2.24) is 0 Å². The third-order valence-electron chi connectivity index (χ3n) is 6.66. The van der Waals surface area contributed by atoms with Gasteiger partial charge >= 0.3 is 11.9 Å². The first kappa shape index (κ1) is 23.8. The second-order valence-electron chi connectivity index (χ2n) is 8.94. The molecule has 0 amide bonds. The van der Waals surface area contributed by atoms with Crippen LogP contribution in [-0.4, -0.2) is 77.1 Å². The summed E-state index contributed by atoms with van der Waals surface area (Å²) < 4.78 is 12.6. The fourth-order valence-electron chi connectivity index (χ4n) is 4.95. The molecule has 2 aromatic rings. The van der Waals surface area contributed by atoms with E-state index in [1.54, 1.807) is 12.1 Å². The summed E-state index contributed by atoms with van der Waals surface area (Å²) in [5, 5.41) is 32.1. The van der Waals surface area contributed by atoms with Crippen LogP contribution in [-0.2, 0) is 29.5 Å². The van der Waals surface area contributed by atoms with Crippen LogP contribution in [0.5, 0.6) is 0 Å². The van der Waals surface area contributed by atoms with Crippen molar-refractivity contribution in [3.63, 3.8) is 0 Å². The van der Waals surface area contributed by atoms with Crippen LogP contribution in [0.15, 0.2) is 35.0 Å². The number of esters is 1. The maximum absolute atomic E-state index is 13.1. The van der Waals surface area contributed by atoms with Crippen LogP contribution in [0.2, 0.25) is 0 Å². The van der Waals surface area contributed by atoms with Gasteiger partial charge in [0.25, 0.3) is 0 Å². The first-order valence-electron chi connectivity index (χ1n) is 10.5. The number of aliphatic carboxylic acids is 2. The van der Waals surface area contributed by atoms with E-state index in [2.05, 4.69) is 14.1 Å². The first-order valence-corrected chi connectivity index (χ1v) is 12.2. The molecular formula is C22H25NO8S2. The number of likely N-dealkylation sites (N-methyl/N-ethyl adjacent to an activating group) is 1. The highest BCUT2D eigenvalue weighted by atomic mass is 32.1. The standard InChI is InChI=1S/C19H22NO4S2.C3H4O4/c1-20(2)12-9-11(10-13(20)17-16(12)24-17)23-18(21)19(22,14-5-3-7-25-14)15-6-4-8-26-15;4-2(5)1-3(6)7/h3-8,11-13,16-17,22H,9-10H2,1-2H3;1H2,(H,4,5)(H,6,7)/q+1;/p-1. The molecule has 2 aromatic heterocycles. The Morgan fingerprint density at radius 2 is 1.64 bits per heavy atom. The van der Waals surface area contributed by atoms with Crippen LogP contribution in [0.3, 0.4) is 0 Å². The molecule has 9 nitrogen and oxygen atoms in total. The molecule has 0 saturated carbocycles. The van der Waals surface area contributed by atoms with E-state index in [0.717, 1.165) is 17.3 Å². The van der Waals surface area contributed by atoms with Crippen molar-refractivity contribution in [2.45, 2.75) is 55.3 Å². The molecule has 33 heavy (non-hydrogen) atoms. The summed E-state index contributed by atoms with van der Waals surface area (Å²) in [5.74, 6) is -3.50. The van der Waals surface area contributed by atoms with E-state index < -0.39 is 29.9 Å². The number of piperidine rings is 1. The highest BCUT2D eigenvalue weighted by molar-refractivity contribution is 7.12. The minimum absolute atomic E-state index is 0.161. The fourth-order valence-corrected chi connectivity index (χ4v) is 6.67. The summed E-state index contributed by atoms with van der Waals surface area (Å²) in [4.78, 5) is 33.0. The number of carbonyl (C=O) groups is 3. The Morgan fingerprint density at radius 3 is 2.00 bits per heavy atom. The van der Waals surface area contributed by atoms with E-state index in [4.69, 9.17) is 14.6 Å². The highest BCUT2D eigenvalue weighted by Crippen LogP contribution is 2.52. The van der Waals surface area contributed by atoms with Gasteiger partial charge in [0.05, 0.1) is 36.2 Å². The van der Waals surface area contributed by atoms with Crippen molar-refractivity contribution < 1.29 is 43.7 Å². The summed E-state index contributed by atoms with van der Waals surface area (Å²) in [5.41, 5.74) is -1.72. The molecule has 4 atom stereocenters. The Hall–Kier alpha value is -2.31. The van der Waals surface area contributed by atoms with E-state index in [0.29, 0.717) is 34.0 Å². The maximum atomic E-state index is 13.1. The molecule has 0 radical (unpaired) electrons. The monoisotopic (exact) mass is 495 g/mol. The van der Waals surface area contributed by atoms with Gasteiger partial charge in [-0.15, -0.1) is 22.7 Å². The number of aliphatic hydroxyl groups is 1. The lowest BCUT2D eigenvalue weighted by Crippen LogP contribution is -2.60. The summed E-state index contributed by atoms with van der Waals surface area (Å²) in [6.45, 7) is 0. The lowest BCUT2D eigenvalue weighted by atomic mass is 9.95. The number of carboxylic acid groups (broad SMARTS) is 2. The van der Waals surface area contributed by atoms with Crippen LogP contribution in [0.4, 0.5) is 0 Å². The van der Waals surface area contributed by atoms with E-state index in [1.165, 1.54) is 22.7 Å². The molecule has 2 bridgehead atoms. The lowest BCUT2D eigenvalue weighted by molar-refractivity contribution is -0.938. The molecule has 178 valence electrons. The molecule has 4 unspecified atom stereocenters. The van der Waals surface area contributed by atoms with Crippen LogP contribution < -0.4 is 5.11 Å². The van der Waals surface area contributed by atoms with Crippen molar-refractivity contribution in [3.05, 3.63) is 44.8 Å². The molecular weight excluding hydrogens is 470 g/mol. The predicted octanol–water partition coefficient (Wildman–Crippen LogP) is 0.557. The zero-order chi connectivity index (χ0) is 24.0. The molecule has 11 heteroatoms. The number of hydrogen-bond donors (Lipinski definition) is 2. The third kappa shape index (κ3) is 4.43. The van der Waals surface area contributed by atoms with E-state index in [1.807, 2.05) is 22.9 Å². The van der Waals surface area contributed by atoms with Gasteiger partial charge in [0.1, 0.15) is 30.4 Å². The zero-order valence-corrected chi connectivity index (χ0v) is 19.7. The first-order chi connectivity index (χ1) is 15.5. The number of carboxylic acids is 2. The van der Waals surface area contributed by atoms with Crippen molar-refractivity contribution >= 4 is 40.6 Å². The number of epoxide rings is 1. The molecule has 3 saturated heterocycles. The number of carbonyl (C=O) groups excluding carboxylic acids is 2. The van der Waals surface area contributed by atoms with Gasteiger partial charge in [0.15, 0.2) is 0 Å². The topological polar surface area (TPSA) is 136 Å². The number of ether oxygens (including phenoxy) is 2. The Bertz CT molecular complexity index is 953. The second kappa shape index (κ2) is 8.80. The van der Waals surface area contributed by atoms with E-state index in [9.17, 15) is 24.6 Å². The highest BCUT2D eigenvalue weighted by Gasteiger charge is 2.71. The van der Waals surface area contributed by atoms with Crippen LogP contribution >= 0.6 is 22.7 Å². The van der Waals surface area contributed by atoms with E-state index in [-0.39, 0.29) is 6.10 Å². The number of quaternary nitrogens is 1. The minimum Gasteiger partial charge on any atom is -0.550 e. The molecule has 0 aliphatic carbocycles. The minimum atomic E-state index is -1.72. The Balaban J connectivity index is 0.000000325. The van der Waals surface area contributed by atoms with Gasteiger partial charge in [0.2, 0.25) is 5.60 Å². The molecule has 5 heterocycles. The van der Waals surface area contributed by atoms with Crippen LogP contribution in [0.1, 0.15) is 29.0 Å². The smallest absolute Gasteiger partial charge is 0.349 e. The lowest BCUT2D eigenvalue weighted by Gasteiger charge is -2.45. The predicted molar refractivity (Wildman–Crippen MR) is 116 cm³/mol. The summed E-state index contributed by atoms with van der Waals surface area (Å²) in [6, 6.07) is 8.01. The number of morpholine rings is 1. The van der Waals surface area contributed by atoms with Gasteiger partial charge in [-0.25, -0.2) is 4.79 Å². The SMILES string of the molecule is C[N+]1(C)C2CC(OC(=O)C(O)(c3cccs3)c3cccs3)CC1C1OC12.O=C([O-])CC(=O)O.